The molecule has 0 spiro atoms. The number of methoxy groups -OCH3 is 1. The Kier molecular flexibility index (Phi) is 5.91. The molecule has 1 fully saturated rings. The number of carbonyl (C=O) groups excluding carboxylic acids is 1. The predicted molar refractivity (Wildman–Crippen MR) is 66.4 cm³/mol. The van der Waals surface area contributed by atoms with Crippen LogP contribution in [0.15, 0.2) is 0 Å². The summed E-state index contributed by atoms with van der Waals surface area (Å²) in [5.41, 5.74) is 0. The zero-order valence-corrected chi connectivity index (χ0v) is 11.0. The Hall–Kier alpha value is -1.30. The Balaban J connectivity index is 2.40. The smallest absolute Gasteiger partial charge is 0.317 e. The number of carbonyl (C=O) groups is 2. The van der Waals surface area contributed by atoms with E-state index in [1.165, 1.54) is 0 Å². The number of carboxylic acid groups (broad SMARTS) is 1. The van der Waals surface area contributed by atoms with Gasteiger partial charge in [0.05, 0.1) is 12.6 Å². The minimum atomic E-state index is -0.796. The summed E-state index contributed by atoms with van der Waals surface area (Å²) < 4.78 is 4.95. The molecule has 1 rings (SSSR count). The zero-order chi connectivity index (χ0) is 13.5. The van der Waals surface area contributed by atoms with E-state index in [9.17, 15) is 9.59 Å². The Bertz CT molecular complexity index is 296. The van der Waals surface area contributed by atoms with Crippen LogP contribution in [-0.2, 0) is 9.53 Å². The average molecular weight is 258 g/mol. The van der Waals surface area contributed by atoms with Gasteiger partial charge in [0.2, 0.25) is 0 Å². The lowest BCUT2D eigenvalue weighted by Gasteiger charge is -2.32. The maximum absolute atomic E-state index is 11.9. The Morgan fingerprint density at radius 2 is 2.28 bits per heavy atom. The standard InChI is InChI=1S/C12H22N2O4/c1-9(8-18-2)13-12(17)14-5-3-4-10(7-14)6-11(15)16/h9-10H,3-8H2,1-2H3,(H,13,17)(H,15,16). The van der Waals surface area contributed by atoms with E-state index in [0.29, 0.717) is 19.7 Å². The number of urea groups is 1. The van der Waals surface area contributed by atoms with Crippen LogP contribution in [-0.4, -0.2) is 54.9 Å². The Morgan fingerprint density at radius 3 is 2.89 bits per heavy atom. The molecule has 2 atom stereocenters. The normalized spacial score (nSPS) is 21.4. The van der Waals surface area contributed by atoms with Gasteiger partial charge in [-0.2, -0.15) is 0 Å². The maximum Gasteiger partial charge on any atom is 0.317 e. The molecule has 2 unspecified atom stereocenters. The van der Waals surface area contributed by atoms with Crippen LogP contribution >= 0.6 is 0 Å². The van der Waals surface area contributed by atoms with Gasteiger partial charge in [0.15, 0.2) is 0 Å². The van der Waals surface area contributed by atoms with E-state index in [1.807, 2.05) is 6.92 Å². The fourth-order valence-corrected chi connectivity index (χ4v) is 2.26. The molecule has 1 saturated heterocycles. The third-order valence-electron chi connectivity index (χ3n) is 3.06. The van der Waals surface area contributed by atoms with E-state index < -0.39 is 5.97 Å². The molecule has 0 bridgehead atoms. The molecule has 104 valence electrons. The molecule has 1 heterocycles. The number of ether oxygens (including phenoxy) is 1. The van der Waals surface area contributed by atoms with E-state index in [4.69, 9.17) is 9.84 Å². The van der Waals surface area contributed by atoms with Crippen LogP contribution in [0.3, 0.4) is 0 Å². The number of rotatable bonds is 5. The van der Waals surface area contributed by atoms with E-state index in [-0.39, 0.29) is 24.4 Å². The van der Waals surface area contributed by atoms with Crippen molar-refractivity contribution in [2.75, 3.05) is 26.8 Å². The van der Waals surface area contributed by atoms with Crippen LogP contribution in [0.4, 0.5) is 4.79 Å². The number of carboxylic acids is 1. The van der Waals surface area contributed by atoms with Gasteiger partial charge in [-0.05, 0) is 25.7 Å². The first-order chi connectivity index (χ1) is 8.52. The molecule has 6 heteroatoms. The van der Waals surface area contributed by atoms with Gasteiger partial charge in [0.25, 0.3) is 0 Å². The van der Waals surface area contributed by atoms with Crippen molar-refractivity contribution in [1.82, 2.24) is 10.2 Å². The molecule has 18 heavy (non-hydrogen) atoms. The van der Waals surface area contributed by atoms with Gasteiger partial charge in [-0.3, -0.25) is 4.79 Å². The highest BCUT2D eigenvalue weighted by Gasteiger charge is 2.25. The topological polar surface area (TPSA) is 78.9 Å². The lowest BCUT2D eigenvalue weighted by Crippen LogP contribution is -2.49. The van der Waals surface area contributed by atoms with E-state index in [1.54, 1.807) is 12.0 Å². The van der Waals surface area contributed by atoms with Gasteiger partial charge in [-0.1, -0.05) is 0 Å². The number of aliphatic carboxylic acids is 1. The van der Waals surface area contributed by atoms with Gasteiger partial charge in [0, 0.05) is 26.6 Å². The molecule has 2 N–H and O–H groups in total. The Labute approximate surface area is 107 Å². The molecule has 0 aromatic heterocycles. The van der Waals surface area contributed by atoms with E-state index >= 15 is 0 Å². The predicted octanol–water partition coefficient (Wildman–Crippen LogP) is 0.918. The summed E-state index contributed by atoms with van der Waals surface area (Å²) in [6.07, 6.45) is 1.88. The van der Waals surface area contributed by atoms with Crippen molar-refractivity contribution in [3.05, 3.63) is 0 Å². The molecule has 0 saturated carbocycles. The summed E-state index contributed by atoms with van der Waals surface area (Å²) >= 11 is 0. The van der Waals surface area contributed by atoms with Crippen LogP contribution in [0, 0.1) is 5.92 Å². The van der Waals surface area contributed by atoms with Gasteiger partial charge in [-0.15, -0.1) is 0 Å². The molecule has 0 aromatic rings. The highest BCUT2D eigenvalue weighted by atomic mass is 16.5. The number of piperidine rings is 1. The number of likely N-dealkylation sites (tertiary alicyclic amines) is 1. The van der Waals surface area contributed by atoms with Crippen molar-refractivity contribution in [3.8, 4) is 0 Å². The molecular weight excluding hydrogens is 236 g/mol. The average Bonchev–Trinajstić information content (AvgIpc) is 2.28. The van der Waals surface area contributed by atoms with Crippen molar-refractivity contribution in [1.29, 1.82) is 0 Å². The summed E-state index contributed by atoms with van der Waals surface area (Å²) in [6.45, 7) is 3.57. The molecule has 2 amide bonds. The second kappa shape index (κ2) is 7.20. The lowest BCUT2D eigenvalue weighted by atomic mass is 9.95. The second-order valence-electron chi connectivity index (χ2n) is 4.86. The zero-order valence-electron chi connectivity index (χ0n) is 11.0. The third kappa shape index (κ3) is 4.91. The van der Waals surface area contributed by atoms with Crippen molar-refractivity contribution < 1.29 is 19.4 Å². The van der Waals surface area contributed by atoms with Gasteiger partial charge >= 0.3 is 12.0 Å². The van der Waals surface area contributed by atoms with Gasteiger partial charge in [-0.25, -0.2) is 4.79 Å². The minimum absolute atomic E-state index is 0.0395. The maximum atomic E-state index is 11.9. The van der Waals surface area contributed by atoms with Crippen LogP contribution in [0.25, 0.3) is 0 Å². The largest absolute Gasteiger partial charge is 0.481 e. The molecule has 1 aliphatic rings. The molecule has 0 aliphatic carbocycles. The summed E-state index contributed by atoms with van der Waals surface area (Å²) in [4.78, 5) is 24.3. The fourth-order valence-electron chi connectivity index (χ4n) is 2.26. The monoisotopic (exact) mass is 258 g/mol. The highest BCUT2D eigenvalue weighted by molar-refractivity contribution is 5.74. The van der Waals surface area contributed by atoms with Gasteiger partial charge < -0.3 is 20.1 Å². The highest BCUT2D eigenvalue weighted by Crippen LogP contribution is 2.19. The van der Waals surface area contributed by atoms with Crippen molar-refractivity contribution in [2.24, 2.45) is 5.92 Å². The van der Waals surface area contributed by atoms with Crippen LogP contribution in [0.5, 0.6) is 0 Å². The number of nitrogens with one attached hydrogen (secondary N) is 1. The number of nitrogens with zero attached hydrogens (tertiary/aromatic N) is 1. The van der Waals surface area contributed by atoms with Gasteiger partial charge in [0.1, 0.15) is 0 Å². The van der Waals surface area contributed by atoms with Crippen LogP contribution < -0.4 is 5.32 Å². The number of amides is 2. The number of hydrogen-bond acceptors (Lipinski definition) is 3. The van der Waals surface area contributed by atoms with Crippen molar-refractivity contribution in [3.63, 3.8) is 0 Å². The molecule has 0 radical (unpaired) electrons. The summed E-state index contributed by atoms with van der Waals surface area (Å²) in [6, 6.07) is -0.169. The molecular formula is C12H22N2O4. The molecule has 1 aliphatic heterocycles. The second-order valence-corrected chi connectivity index (χ2v) is 4.86. The quantitative estimate of drug-likeness (QED) is 0.768. The van der Waals surface area contributed by atoms with E-state index in [0.717, 1.165) is 12.8 Å². The van der Waals surface area contributed by atoms with Crippen molar-refractivity contribution >= 4 is 12.0 Å². The first-order valence-corrected chi connectivity index (χ1v) is 6.29. The summed E-state index contributed by atoms with van der Waals surface area (Å²) in [7, 11) is 1.59. The number of hydrogen-bond donors (Lipinski definition) is 2. The summed E-state index contributed by atoms with van der Waals surface area (Å²) in [5, 5.41) is 11.6. The third-order valence-corrected chi connectivity index (χ3v) is 3.06. The SMILES string of the molecule is COCC(C)NC(=O)N1CCCC(CC(=O)O)C1. The first kappa shape index (κ1) is 14.8. The summed E-state index contributed by atoms with van der Waals surface area (Å²) in [5.74, 6) is -0.727. The molecule has 6 nitrogen and oxygen atoms in total. The fraction of sp³-hybridized carbons (Fsp3) is 0.833. The minimum Gasteiger partial charge on any atom is -0.481 e. The molecule has 0 aromatic carbocycles. The first-order valence-electron chi connectivity index (χ1n) is 6.29. The lowest BCUT2D eigenvalue weighted by molar-refractivity contribution is -0.138. The van der Waals surface area contributed by atoms with E-state index in [2.05, 4.69) is 5.32 Å². The van der Waals surface area contributed by atoms with Crippen molar-refractivity contribution in [2.45, 2.75) is 32.2 Å². The Morgan fingerprint density at radius 1 is 1.56 bits per heavy atom. The van der Waals surface area contributed by atoms with Crippen LogP contribution in [0.2, 0.25) is 0 Å². The van der Waals surface area contributed by atoms with Crippen LogP contribution in [0.1, 0.15) is 26.2 Å².